The minimum absolute atomic E-state index is 0.105. The first-order valence-corrected chi connectivity index (χ1v) is 17.2. The normalized spacial score (nSPS) is 24.5. The van der Waals surface area contributed by atoms with Crippen molar-refractivity contribution in [2.75, 3.05) is 68.5 Å². The summed E-state index contributed by atoms with van der Waals surface area (Å²) in [6.07, 6.45) is 6.29. The number of imide groups is 2. The van der Waals surface area contributed by atoms with E-state index in [9.17, 15) is 19.2 Å². The van der Waals surface area contributed by atoms with Gasteiger partial charge < -0.3 is 25.2 Å². The number of hydrogen-bond acceptors (Lipinski definition) is 10. The molecule has 0 aliphatic carbocycles. The first-order chi connectivity index (χ1) is 23.7. The molecule has 1 aromatic heterocycles. The molecule has 0 radical (unpaired) electrons. The van der Waals surface area contributed by atoms with Gasteiger partial charge in [0, 0.05) is 94.0 Å². The molecule has 0 saturated carbocycles. The first-order valence-electron chi connectivity index (χ1n) is 17.2. The molecule has 2 aromatic carbocycles. The number of piperidine rings is 2. The van der Waals surface area contributed by atoms with Gasteiger partial charge in [-0.25, -0.2) is 0 Å². The van der Waals surface area contributed by atoms with Gasteiger partial charge in [-0.1, -0.05) is 0 Å². The molecule has 3 aromatic rings. The van der Waals surface area contributed by atoms with Crippen LogP contribution in [0.2, 0.25) is 0 Å². The van der Waals surface area contributed by atoms with Gasteiger partial charge in [-0.05, 0) is 61.3 Å². The maximum Gasteiger partial charge on any atom is 0.262 e. The van der Waals surface area contributed by atoms with Gasteiger partial charge in [0.2, 0.25) is 11.8 Å². The van der Waals surface area contributed by atoms with Crippen molar-refractivity contribution in [3.63, 3.8) is 0 Å². The van der Waals surface area contributed by atoms with Gasteiger partial charge in [-0.2, -0.15) is 5.10 Å². The number of nitrogen functional groups attached to an aromatic ring is 1. The quantitative estimate of drug-likeness (QED) is 0.285. The largest absolute Gasteiger partial charge is 0.495 e. The molecule has 3 atom stereocenters. The predicted molar refractivity (Wildman–Crippen MR) is 183 cm³/mol. The number of ether oxygens (including phenoxy) is 1. The Kier molecular flexibility index (Phi) is 7.81. The fraction of sp³-hybridized carbons (Fsp3) is 0.472. The predicted octanol–water partition coefficient (Wildman–Crippen LogP) is 2.36. The molecular weight excluding hydrogens is 624 g/mol. The zero-order valence-corrected chi connectivity index (χ0v) is 27.9. The van der Waals surface area contributed by atoms with Crippen molar-refractivity contribution in [2.45, 2.75) is 31.7 Å². The van der Waals surface area contributed by atoms with E-state index in [1.807, 2.05) is 36.3 Å². The van der Waals surface area contributed by atoms with Gasteiger partial charge in [-0.15, -0.1) is 0 Å². The molecule has 4 fully saturated rings. The standard InChI is InChI=1S/C36H42N8O5/c1-40-16-22(14-38-40)27-12-29(37)32(49-2)13-31(27)43-19-23-17-41(18-24(23)20-43)15-21-7-9-42(10-8-21)25-3-4-26-28(11-25)36(48)44(35(26)47)30-5-6-33(45)39-34(30)46/h3-4,11-14,16,21,23-24,30H,5-10,15,17-20,37H2,1-2H3,(H,39,45,46). The molecule has 49 heavy (non-hydrogen) atoms. The van der Waals surface area contributed by atoms with E-state index in [-0.39, 0.29) is 18.7 Å². The number of nitrogens with one attached hydrogen (secondary N) is 1. The van der Waals surface area contributed by atoms with Crippen LogP contribution in [0, 0.1) is 17.8 Å². The molecule has 0 spiro atoms. The molecule has 4 saturated heterocycles. The summed E-state index contributed by atoms with van der Waals surface area (Å²) in [5.74, 6) is 0.605. The van der Waals surface area contributed by atoms with E-state index in [1.165, 1.54) is 0 Å². The van der Waals surface area contributed by atoms with Crippen LogP contribution in [-0.4, -0.2) is 102 Å². The lowest BCUT2D eigenvalue weighted by atomic mass is 9.95. The maximum atomic E-state index is 13.3. The number of benzene rings is 2. The highest BCUT2D eigenvalue weighted by Gasteiger charge is 2.45. The average Bonchev–Trinajstić information content (AvgIpc) is 3.85. The smallest absolute Gasteiger partial charge is 0.262 e. The second kappa shape index (κ2) is 12.2. The lowest BCUT2D eigenvalue weighted by Gasteiger charge is -2.35. The molecule has 0 bridgehead atoms. The Bertz CT molecular complexity index is 1830. The number of amides is 4. The number of aromatic nitrogens is 2. The number of aryl methyl sites for hydroxylation is 1. The number of rotatable bonds is 7. The molecule has 8 rings (SSSR count). The summed E-state index contributed by atoms with van der Waals surface area (Å²) in [6.45, 7) is 7.05. The third-order valence-electron chi connectivity index (χ3n) is 11.2. The van der Waals surface area contributed by atoms with E-state index in [0.717, 1.165) is 86.1 Å². The third kappa shape index (κ3) is 5.59. The number of nitrogens with zero attached hydrogens (tertiary/aromatic N) is 6. The van der Waals surface area contributed by atoms with E-state index in [2.05, 4.69) is 31.2 Å². The number of hydrogen-bond donors (Lipinski definition) is 2. The Morgan fingerprint density at radius 3 is 2.31 bits per heavy atom. The minimum atomic E-state index is -0.956. The monoisotopic (exact) mass is 666 g/mol. The SMILES string of the molecule is COc1cc(N2CC3CN(CC4CCN(c5ccc6c(c5)C(=O)N(C5CCC(=O)NC5=O)C6=O)CC4)CC3C2)c(-c2cnn(C)c2)cc1N. The highest BCUT2D eigenvalue weighted by Crippen LogP contribution is 2.43. The van der Waals surface area contributed by atoms with Gasteiger partial charge in [0.1, 0.15) is 11.8 Å². The number of likely N-dealkylation sites (tertiary alicyclic amines) is 1. The fourth-order valence-corrected chi connectivity index (χ4v) is 8.65. The molecule has 13 nitrogen and oxygen atoms in total. The van der Waals surface area contributed by atoms with Crippen molar-refractivity contribution >= 4 is 40.7 Å². The van der Waals surface area contributed by atoms with Crippen LogP contribution in [0.15, 0.2) is 42.7 Å². The first kappa shape index (κ1) is 31.4. The third-order valence-corrected chi connectivity index (χ3v) is 11.2. The zero-order valence-electron chi connectivity index (χ0n) is 27.9. The maximum absolute atomic E-state index is 13.3. The van der Waals surface area contributed by atoms with E-state index in [0.29, 0.717) is 40.3 Å². The zero-order chi connectivity index (χ0) is 34.0. The second-order valence-corrected chi connectivity index (χ2v) is 14.3. The lowest BCUT2D eigenvalue weighted by molar-refractivity contribution is -0.136. The van der Waals surface area contributed by atoms with Crippen LogP contribution in [0.25, 0.3) is 11.1 Å². The number of carbonyl (C=O) groups excluding carboxylic acids is 4. The Morgan fingerprint density at radius 2 is 1.63 bits per heavy atom. The highest BCUT2D eigenvalue weighted by molar-refractivity contribution is 6.23. The van der Waals surface area contributed by atoms with Crippen molar-refractivity contribution in [2.24, 2.45) is 24.8 Å². The minimum Gasteiger partial charge on any atom is -0.495 e. The number of fused-ring (bicyclic) bond motifs is 2. The summed E-state index contributed by atoms with van der Waals surface area (Å²) in [5.41, 5.74) is 11.8. The molecule has 13 heteroatoms. The fourth-order valence-electron chi connectivity index (χ4n) is 8.65. The Morgan fingerprint density at radius 1 is 0.898 bits per heavy atom. The van der Waals surface area contributed by atoms with Crippen LogP contribution < -0.4 is 25.6 Å². The summed E-state index contributed by atoms with van der Waals surface area (Å²) in [6, 6.07) is 8.54. The number of anilines is 3. The number of nitrogens with two attached hydrogens (primary N) is 1. The number of carbonyl (C=O) groups is 4. The topological polar surface area (TPSA) is 146 Å². The van der Waals surface area contributed by atoms with Crippen molar-refractivity contribution < 1.29 is 23.9 Å². The molecule has 4 amide bonds. The molecule has 3 unspecified atom stereocenters. The Labute approximate surface area is 284 Å². The second-order valence-electron chi connectivity index (χ2n) is 14.3. The molecule has 5 aliphatic heterocycles. The summed E-state index contributed by atoms with van der Waals surface area (Å²) in [5, 5.41) is 6.64. The van der Waals surface area contributed by atoms with E-state index in [4.69, 9.17) is 10.5 Å². The highest BCUT2D eigenvalue weighted by atomic mass is 16.5. The lowest BCUT2D eigenvalue weighted by Crippen LogP contribution is -2.54. The van der Waals surface area contributed by atoms with Crippen LogP contribution in [0.5, 0.6) is 5.75 Å². The Balaban J connectivity index is 0.866. The molecular formula is C36H42N8O5. The molecule has 256 valence electrons. The van der Waals surface area contributed by atoms with Crippen LogP contribution in [0.4, 0.5) is 17.1 Å². The van der Waals surface area contributed by atoms with Gasteiger partial charge in [0.05, 0.1) is 30.1 Å². The van der Waals surface area contributed by atoms with Crippen molar-refractivity contribution in [3.8, 4) is 16.9 Å². The van der Waals surface area contributed by atoms with Crippen molar-refractivity contribution in [3.05, 3.63) is 53.9 Å². The van der Waals surface area contributed by atoms with Gasteiger partial charge in [0.25, 0.3) is 11.8 Å². The average molecular weight is 667 g/mol. The van der Waals surface area contributed by atoms with Gasteiger partial charge in [-0.3, -0.25) is 34.1 Å². The Hall–Kier alpha value is -4.91. The van der Waals surface area contributed by atoms with Crippen LogP contribution in [0.1, 0.15) is 46.4 Å². The summed E-state index contributed by atoms with van der Waals surface area (Å²) in [4.78, 5) is 58.9. The summed E-state index contributed by atoms with van der Waals surface area (Å²) < 4.78 is 7.41. The summed E-state index contributed by atoms with van der Waals surface area (Å²) >= 11 is 0. The van der Waals surface area contributed by atoms with Crippen LogP contribution in [-0.2, 0) is 16.6 Å². The molecule has 3 N–H and O–H groups in total. The molecule has 6 heterocycles. The van der Waals surface area contributed by atoms with Gasteiger partial charge in [0.15, 0.2) is 0 Å². The number of methoxy groups -OCH3 is 1. The van der Waals surface area contributed by atoms with E-state index >= 15 is 0 Å². The van der Waals surface area contributed by atoms with Crippen molar-refractivity contribution in [1.82, 2.24) is 24.9 Å². The van der Waals surface area contributed by atoms with Crippen LogP contribution >= 0.6 is 0 Å². The van der Waals surface area contributed by atoms with Crippen LogP contribution in [0.3, 0.4) is 0 Å². The molecule has 5 aliphatic rings. The van der Waals surface area contributed by atoms with Gasteiger partial charge >= 0.3 is 0 Å². The van der Waals surface area contributed by atoms with Crippen molar-refractivity contribution in [1.29, 1.82) is 0 Å². The van der Waals surface area contributed by atoms with E-state index in [1.54, 1.807) is 19.2 Å². The summed E-state index contributed by atoms with van der Waals surface area (Å²) in [7, 11) is 3.58. The van der Waals surface area contributed by atoms with E-state index < -0.39 is 23.8 Å².